The van der Waals surface area contributed by atoms with Gasteiger partial charge in [-0.3, -0.25) is 0 Å². The van der Waals surface area contributed by atoms with Gasteiger partial charge in [-0.15, -0.1) is 0 Å². The summed E-state index contributed by atoms with van der Waals surface area (Å²) in [6, 6.07) is 5.05. The van der Waals surface area contributed by atoms with Crippen LogP contribution in [-0.2, 0) is 19.9 Å². The molecule has 20 heavy (non-hydrogen) atoms. The summed E-state index contributed by atoms with van der Waals surface area (Å²) in [5, 5.41) is 0. The van der Waals surface area contributed by atoms with E-state index in [-0.39, 0.29) is 4.90 Å². The van der Waals surface area contributed by atoms with Gasteiger partial charge >= 0.3 is 3.00 Å². The van der Waals surface area contributed by atoms with Gasteiger partial charge in [0.15, 0.2) is 0 Å². The summed E-state index contributed by atoms with van der Waals surface area (Å²) in [5.74, 6) is 0.411. The summed E-state index contributed by atoms with van der Waals surface area (Å²) < 4.78 is 51.0. The Morgan fingerprint density at radius 2 is 1.50 bits per heavy atom. The summed E-state index contributed by atoms with van der Waals surface area (Å²) >= 11 is 11.3. The predicted molar refractivity (Wildman–Crippen MR) is 77.2 cm³/mol. The monoisotopic (exact) mass is 361 g/mol. The van der Waals surface area contributed by atoms with Crippen LogP contribution in [-0.4, -0.2) is 45.3 Å². The molecule has 0 bridgehead atoms. The van der Waals surface area contributed by atoms with Gasteiger partial charge in [0.25, 0.3) is 10.0 Å². The Labute approximate surface area is 128 Å². The molecule has 0 aliphatic heterocycles. The fourth-order valence-electron chi connectivity index (χ4n) is 1.24. The van der Waals surface area contributed by atoms with E-state index in [1.807, 2.05) is 0 Å². The minimum atomic E-state index is -4.52. The van der Waals surface area contributed by atoms with Gasteiger partial charge in [-0.05, 0) is 24.3 Å². The van der Waals surface area contributed by atoms with Crippen molar-refractivity contribution in [3.05, 3.63) is 24.3 Å². The molecule has 0 aliphatic carbocycles. The lowest BCUT2D eigenvalue weighted by atomic mass is 10.3. The molecular formula is C10H13Cl2NO5S2. The van der Waals surface area contributed by atoms with Crippen molar-refractivity contribution >= 4 is 43.1 Å². The number of alkyl halides is 2. The van der Waals surface area contributed by atoms with E-state index in [4.69, 9.17) is 27.9 Å². The third-order valence-electron chi connectivity index (χ3n) is 2.46. The van der Waals surface area contributed by atoms with Crippen molar-refractivity contribution in [1.29, 1.82) is 0 Å². The third kappa shape index (κ3) is 2.75. The lowest BCUT2D eigenvalue weighted by Crippen LogP contribution is -2.43. The van der Waals surface area contributed by atoms with Crippen LogP contribution in [0.25, 0.3) is 0 Å². The first kappa shape index (κ1) is 17.5. The number of hydrogen-bond donors (Lipinski definition) is 0. The van der Waals surface area contributed by atoms with Gasteiger partial charge in [-0.25, -0.2) is 21.1 Å². The van der Waals surface area contributed by atoms with Crippen LogP contribution in [0.2, 0.25) is 0 Å². The van der Waals surface area contributed by atoms with Crippen LogP contribution in [0.5, 0.6) is 5.75 Å². The molecule has 0 heterocycles. The molecule has 0 unspecified atom stereocenters. The largest absolute Gasteiger partial charge is 0.497 e. The highest BCUT2D eigenvalue weighted by Gasteiger charge is 2.54. The molecule has 10 heteroatoms. The number of rotatable bonds is 5. The van der Waals surface area contributed by atoms with Crippen LogP contribution in [0.3, 0.4) is 0 Å². The molecule has 0 spiro atoms. The Bertz CT molecular complexity index is 681. The Morgan fingerprint density at radius 3 is 1.85 bits per heavy atom. The zero-order chi connectivity index (χ0) is 15.8. The van der Waals surface area contributed by atoms with Crippen molar-refractivity contribution in [2.45, 2.75) is 7.89 Å². The number of benzene rings is 1. The average molecular weight is 362 g/mol. The maximum Gasteiger partial charge on any atom is 0.337 e. The lowest BCUT2D eigenvalue weighted by Gasteiger charge is -2.23. The van der Waals surface area contributed by atoms with Gasteiger partial charge in [0.05, 0.1) is 12.0 Å². The van der Waals surface area contributed by atoms with E-state index in [2.05, 4.69) is 0 Å². The summed E-state index contributed by atoms with van der Waals surface area (Å²) in [5.41, 5.74) is 0. The molecule has 0 saturated carbocycles. The van der Waals surface area contributed by atoms with Gasteiger partial charge in [-0.2, -0.15) is 0 Å². The number of methoxy groups -OCH3 is 1. The molecule has 0 aromatic heterocycles. The van der Waals surface area contributed by atoms with E-state index in [1.54, 1.807) is 0 Å². The SMILES string of the molecule is COc1ccc(S(=O)(=O)C(Cl)(Cl)S(=O)(=O)N(C)C)cc1. The third-order valence-corrected chi connectivity index (χ3v) is 9.22. The lowest BCUT2D eigenvalue weighted by molar-refractivity contribution is 0.414. The highest BCUT2D eigenvalue weighted by Crippen LogP contribution is 2.40. The fraction of sp³-hybridized carbons (Fsp3) is 0.400. The highest BCUT2D eigenvalue weighted by molar-refractivity contribution is 8.13. The van der Waals surface area contributed by atoms with Crippen LogP contribution in [0.4, 0.5) is 0 Å². The zero-order valence-electron chi connectivity index (χ0n) is 10.9. The van der Waals surface area contributed by atoms with E-state index in [9.17, 15) is 16.8 Å². The van der Waals surface area contributed by atoms with E-state index in [0.717, 1.165) is 14.1 Å². The van der Waals surface area contributed by atoms with Crippen molar-refractivity contribution in [2.75, 3.05) is 21.2 Å². The number of sulfone groups is 1. The summed E-state index contributed by atoms with van der Waals surface area (Å²) in [4.78, 5) is -0.325. The van der Waals surface area contributed by atoms with Crippen LogP contribution < -0.4 is 4.74 Å². The molecule has 1 aromatic carbocycles. The molecular weight excluding hydrogens is 349 g/mol. The number of hydrogen-bond acceptors (Lipinski definition) is 5. The Morgan fingerprint density at radius 1 is 1.05 bits per heavy atom. The second-order valence-electron chi connectivity index (χ2n) is 3.93. The van der Waals surface area contributed by atoms with Crippen LogP contribution in [0.1, 0.15) is 0 Å². The maximum atomic E-state index is 12.3. The Balaban J connectivity index is 3.42. The number of sulfonamides is 1. The number of halogens is 2. The molecule has 0 aliphatic rings. The molecule has 0 saturated heterocycles. The van der Waals surface area contributed by atoms with Gasteiger partial charge < -0.3 is 4.74 Å². The van der Waals surface area contributed by atoms with Crippen LogP contribution >= 0.6 is 23.2 Å². The maximum absolute atomic E-state index is 12.3. The topological polar surface area (TPSA) is 80.8 Å². The van der Waals surface area contributed by atoms with Crippen LogP contribution in [0.15, 0.2) is 29.2 Å². The molecule has 0 amide bonds. The van der Waals surface area contributed by atoms with Gasteiger partial charge in [0.1, 0.15) is 5.75 Å². The Kier molecular flexibility index (Phi) is 4.98. The van der Waals surface area contributed by atoms with E-state index in [1.165, 1.54) is 31.4 Å². The summed E-state index contributed by atoms with van der Waals surface area (Å²) in [6.45, 7) is 0. The van der Waals surface area contributed by atoms with Gasteiger partial charge in [0, 0.05) is 14.1 Å². The minimum Gasteiger partial charge on any atom is -0.497 e. The smallest absolute Gasteiger partial charge is 0.337 e. The van der Waals surface area contributed by atoms with Crippen molar-refractivity contribution in [3.63, 3.8) is 0 Å². The molecule has 1 aromatic rings. The van der Waals surface area contributed by atoms with Gasteiger partial charge in [-0.1, -0.05) is 23.2 Å². The normalized spacial score (nSPS) is 13.5. The second-order valence-corrected chi connectivity index (χ2v) is 10.8. The Hall–Kier alpha value is -0.540. The standard InChI is InChI=1S/C10H13Cl2NO5S2/c1-13(2)20(16,17)10(11,12)19(14,15)9-6-4-8(18-3)5-7-9/h4-7H,1-3H3. The fourth-order valence-corrected chi connectivity index (χ4v) is 5.64. The molecule has 114 valence electrons. The zero-order valence-corrected chi connectivity index (χ0v) is 14.0. The highest BCUT2D eigenvalue weighted by atomic mass is 35.5. The van der Waals surface area contributed by atoms with E-state index in [0.29, 0.717) is 10.1 Å². The molecule has 0 radical (unpaired) electrons. The molecule has 1 rings (SSSR count). The minimum absolute atomic E-state index is 0.325. The quantitative estimate of drug-likeness (QED) is 0.741. The van der Waals surface area contributed by atoms with Crippen molar-refractivity contribution in [1.82, 2.24) is 4.31 Å². The summed E-state index contributed by atoms with van der Waals surface area (Å²) in [7, 11) is -5.29. The van der Waals surface area contributed by atoms with E-state index < -0.39 is 22.9 Å². The van der Waals surface area contributed by atoms with Crippen LogP contribution in [0, 0.1) is 0 Å². The number of nitrogens with zero attached hydrogens (tertiary/aromatic N) is 1. The number of ether oxygens (including phenoxy) is 1. The van der Waals surface area contributed by atoms with Crippen molar-refractivity contribution in [2.24, 2.45) is 0 Å². The predicted octanol–water partition coefficient (Wildman–Crippen LogP) is 1.45. The first-order valence-corrected chi connectivity index (χ1v) is 8.85. The average Bonchev–Trinajstić information content (AvgIpc) is 2.38. The first-order valence-electron chi connectivity index (χ1n) is 5.17. The molecule has 0 N–H and O–H groups in total. The van der Waals surface area contributed by atoms with E-state index >= 15 is 0 Å². The molecule has 6 nitrogen and oxygen atoms in total. The second kappa shape index (κ2) is 5.69. The summed E-state index contributed by atoms with van der Waals surface area (Å²) in [6.07, 6.45) is 0. The molecule has 0 atom stereocenters. The molecule has 0 fully saturated rings. The van der Waals surface area contributed by atoms with Crippen molar-refractivity contribution < 1.29 is 21.6 Å². The van der Waals surface area contributed by atoms with Crippen molar-refractivity contribution in [3.8, 4) is 5.75 Å². The first-order chi connectivity index (χ1) is 8.98. The van der Waals surface area contributed by atoms with Gasteiger partial charge in [0.2, 0.25) is 9.84 Å².